The molecule has 178 valence electrons. The number of aryl methyl sites for hydroxylation is 1. The highest BCUT2D eigenvalue weighted by molar-refractivity contribution is 7.80. The first-order valence-electron chi connectivity index (χ1n) is 11.8. The van der Waals surface area contributed by atoms with Gasteiger partial charge in [0.1, 0.15) is 18.0 Å². The number of esters is 1. The molecule has 0 N–H and O–H groups in total. The first-order valence-corrected chi connectivity index (χ1v) is 12.2. The second-order valence-corrected chi connectivity index (χ2v) is 10.1. The maximum atomic E-state index is 12.4. The molecule has 5 nitrogen and oxygen atoms in total. The molecule has 0 fully saturated rings. The van der Waals surface area contributed by atoms with E-state index in [9.17, 15) is 4.79 Å². The number of ether oxygens (including phenoxy) is 1. The number of rotatable bonds is 10. The predicted octanol–water partition coefficient (Wildman–Crippen LogP) is 4.64. The van der Waals surface area contributed by atoms with Gasteiger partial charge in [0.05, 0.1) is 13.1 Å². The summed E-state index contributed by atoms with van der Waals surface area (Å²) in [6.07, 6.45) is 1.99. The van der Waals surface area contributed by atoms with Gasteiger partial charge in [0.25, 0.3) is 0 Å². The molecule has 33 heavy (non-hydrogen) atoms. The summed E-state index contributed by atoms with van der Waals surface area (Å²) < 4.78 is 5.53. The molecule has 0 unspecified atom stereocenters. The molecule has 1 aliphatic heterocycles. The Bertz CT molecular complexity index is 933. The van der Waals surface area contributed by atoms with E-state index in [2.05, 4.69) is 65.8 Å². The third-order valence-electron chi connectivity index (χ3n) is 5.62. The monoisotopic (exact) mass is 467 g/mol. The van der Waals surface area contributed by atoms with E-state index in [0.717, 1.165) is 49.8 Å². The number of nitrogens with zero attached hydrogens (tertiary/aromatic N) is 3. The highest BCUT2D eigenvalue weighted by atomic mass is 32.1. The first kappa shape index (κ1) is 25.3. The largest absolute Gasteiger partial charge is 0.459 e. The zero-order chi connectivity index (χ0) is 23.8. The maximum absolute atomic E-state index is 12.4. The molecule has 0 atom stereocenters. The van der Waals surface area contributed by atoms with Crippen molar-refractivity contribution in [1.29, 1.82) is 0 Å². The Kier molecular flexibility index (Phi) is 8.98. The fourth-order valence-electron chi connectivity index (χ4n) is 3.88. The Labute approximate surface area is 204 Å². The van der Waals surface area contributed by atoms with Crippen LogP contribution in [0.5, 0.6) is 0 Å². The van der Waals surface area contributed by atoms with Crippen LogP contribution in [0.3, 0.4) is 0 Å². The van der Waals surface area contributed by atoms with E-state index in [1.807, 2.05) is 32.9 Å². The fraction of sp³-hybridized carbons (Fsp3) is 0.481. The van der Waals surface area contributed by atoms with Gasteiger partial charge in [0, 0.05) is 24.5 Å². The van der Waals surface area contributed by atoms with E-state index in [0.29, 0.717) is 6.54 Å². The van der Waals surface area contributed by atoms with E-state index in [1.54, 1.807) is 0 Å². The van der Waals surface area contributed by atoms with E-state index < -0.39 is 5.60 Å². The summed E-state index contributed by atoms with van der Waals surface area (Å²) in [4.78, 5) is 22.6. The highest BCUT2D eigenvalue weighted by Crippen LogP contribution is 2.14. The molecule has 0 saturated heterocycles. The number of hydrogen-bond acceptors (Lipinski definition) is 6. The van der Waals surface area contributed by atoms with Gasteiger partial charge in [-0.2, -0.15) is 0 Å². The molecule has 0 amide bonds. The summed E-state index contributed by atoms with van der Waals surface area (Å²) in [7, 11) is 0. The Morgan fingerprint density at radius 1 is 1.03 bits per heavy atom. The molecule has 1 aliphatic rings. The number of aliphatic imine (C=N–C) groups is 1. The van der Waals surface area contributed by atoms with Crippen LogP contribution in [-0.2, 0) is 28.9 Å². The van der Waals surface area contributed by atoms with Crippen molar-refractivity contribution < 1.29 is 9.53 Å². The zero-order valence-electron chi connectivity index (χ0n) is 20.4. The van der Waals surface area contributed by atoms with Gasteiger partial charge < -0.3 is 9.64 Å². The highest BCUT2D eigenvalue weighted by Gasteiger charge is 2.25. The lowest BCUT2D eigenvalue weighted by Crippen LogP contribution is -2.42. The molecule has 0 saturated carbocycles. The normalized spacial score (nSPS) is 14.0. The number of hydrogen-bond donors (Lipinski definition) is 1. The second kappa shape index (κ2) is 11.7. The Morgan fingerprint density at radius 3 is 2.30 bits per heavy atom. The minimum Gasteiger partial charge on any atom is -0.459 e. The van der Waals surface area contributed by atoms with Crippen molar-refractivity contribution in [3.63, 3.8) is 0 Å². The number of carbonyl (C=O) groups excluding carboxylic acids is 1. The number of benzene rings is 2. The van der Waals surface area contributed by atoms with Crippen LogP contribution in [0, 0.1) is 0 Å². The average molecular weight is 468 g/mol. The molecule has 2 aromatic rings. The van der Waals surface area contributed by atoms with Crippen LogP contribution in [0.1, 0.15) is 44.4 Å². The van der Waals surface area contributed by atoms with Crippen LogP contribution in [-0.4, -0.2) is 59.9 Å². The van der Waals surface area contributed by atoms with Crippen LogP contribution >= 0.6 is 12.6 Å². The van der Waals surface area contributed by atoms with Gasteiger partial charge in [-0.25, -0.2) is 0 Å². The van der Waals surface area contributed by atoms with Crippen molar-refractivity contribution >= 4 is 24.4 Å². The summed E-state index contributed by atoms with van der Waals surface area (Å²) in [6.45, 7) is 12.1. The summed E-state index contributed by atoms with van der Waals surface area (Å²) in [5, 5.41) is 0. The van der Waals surface area contributed by atoms with Crippen molar-refractivity contribution in [1.82, 2.24) is 9.80 Å². The second-order valence-electron chi connectivity index (χ2n) is 9.60. The van der Waals surface area contributed by atoms with Crippen LogP contribution in [0.4, 0.5) is 0 Å². The topological polar surface area (TPSA) is 45.1 Å². The van der Waals surface area contributed by atoms with Gasteiger partial charge in [-0.1, -0.05) is 43.3 Å². The maximum Gasteiger partial charge on any atom is 0.326 e. The molecule has 0 spiro atoms. The first-order chi connectivity index (χ1) is 15.7. The van der Waals surface area contributed by atoms with Gasteiger partial charge >= 0.3 is 5.97 Å². The average Bonchev–Trinajstić information content (AvgIpc) is 3.18. The van der Waals surface area contributed by atoms with Crippen LogP contribution < -0.4 is 0 Å². The van der Waals surface area contributed by atoms with Crippen molar-refractivity contribution in [3.8, 4) is 0 Å². The van der Waals surface area contributed by atoms with Crippen LogP contribution in [0.2, 0.25) is 0 Å². The SMILES string of the molecule is CCc1ccc(CN(CCc2ccc(S)cc2)CC2=NCCN2CC(=O)OC(C)(C)C)cc1. The molecular formula is C27H37N3O2S. The van der Waals surface area contributed by atoms with Crippen LogP contribution in [0.25, 0.3) is 0 Å². The molecule has 3 rings (SSSR count). The summed E-state index contributed by atoms with van der Waals surface area (Å²) in [5.74, 6) is 0.766. The molecule has 2 aromatic carbocycles. The van der Waals surface area contributed by atoms with Gasteiger partial charge in [-0.05, 0) is 62.4 Å². The fourth-order valence-corrected chi connectivity index (χ4v) is 4.03. The smallest absolute Gasteiger partial charge is 0.326 e. The standard InChI is InChI=1S/C27H37N3O2S/c1-5-21-6-8-23(9-7-21)18-29(16-14-22-10-12-24(33)13-11-22)19-25-28-15-17-30(25)20-26(31)32-27(2,3)4/h6-13,33H,5,14-20H2,1-4H3. The molecule has 0 radical (unpaired) electrons. The molecule has 1 heterocycles. The summed E-state index contributed by atoms with van der Waals surface area (Å²) in [6, 6.07) is 17.2. The number of thiol groups is 1. The minimum absolute atomic E-state index is 0.203. The lowest BCUT2D eigenvalue weighted by Gasteiger charge is -2.28. The van der Waals surface area contributed by atoms with E-state index in [-0.39, 0.29) is 12.5 Å². The molecular weight excluding hydrogens is 430 g/mol. The molecule has 0 bridgehead atoms. The molecule has 0 aliphatic carbocycles. The van der Waals surface area contributed by atoms with Gasteiger partial charge in [0.15, 0.2) is 0 Å². The van der Waals surface area contributed by atoms with Gasteiger partial charge in [-0.15, -0.1) is 12.6 Å². The lowest BCUT2D eigenvalue weighted by molar-refractivity contribution is -0.155. The third kappa shape index (κ3) is 8.52. The summed E-state index contributed by atoms with van der Waals surface area (Å²) in [5.41, 5.74) is 3.45. The van der Waals surface area contributed by atoms with E-state index >= 15 is 0 Å². The summed E-state index contributed by atoms with van der Waals surface area (Å²) >= 11 is 4.39. The Balaban J connectivity index is 1.67. The Morgan fingerprint density at radius 2 is 1.67 bits per heavy atom. The van der Waals surface area contributed by atoms with E-state index in [4.69, 9.17) is 9.73 Å². The molecule has 6 heteroatoms. The molecule has 0 aromatic heterocycles. The van der Waals surface area contributed by atoms with Crippen LogP contribution in [0.15, 0.2) is 58.4 Å². The lowest BCUT2D eigenvalue weighted by atomic mass is 10.1. The number of amidine groups is 1. The Hall–Kier alpha value is -2.31. The van der Waals surface area contributed by atoms with Crippen molar-refractivity contribution in [2.45, 2.75) is 57.6 Å². The van der Waals surface area contributed by atoms with Gasteiger partial charge in [0.2, 0.25) is 0 Å². The quantitative estimate of drug-likeness (QED) is 0.409. The third-order valence-corrected chi connectivity index (χ3v) is 5.92. The zero-order valence-corrected chi connectivity index (χ0v) is 21.3. The van der Waals surface area contributed by atoms with Gasteiger partial charge in [-0.3, -0.25) is 14.7 Å². The van der Waals surface area contributed by atoms with E-state index in [1.165, 1.54) is 16.7 Å². The van der Waals surface area contributed by atoms with Crippen molar-refractivity contribution in [2.75, 3.05) is 32.7 Å². The minimum atomic E-state index is -0.479. The van der Waals surface area contributed by atoms with Crippen molar-refractivity contribution in [2.24, 2.45) is 4.99 Å². The van der Waals surface area contributed by atoms with Crippen molar-refractivity contribution in [3.05, 3.63) is 65.2 Å². The number of carbonyl (C=O) groups is 1. The predicted molar refractivity (Wildman–Crippen MR) is 138 cm³/mol.